The van der Waals surface area contributed by atoms with Gasteiger partial charge in [-0.25, -0.2) is 4.79 Å². The molecule has 0 bridgehead atoms. The predicted octanol–water partition coefficient (Wildman–Crippen LogP) is 0.941. The van der Waals surface area contributed by atoms with E-state index < -0.39 is 5.97 Å². The number of piperidine rings is 1. The molecule has 1 rings (SSSR count). The summed E-state index contributed by atoms with van der Waals surface area (Å²) in [7, 11) is 1.61. The highest BCUT2D eigenvalue weighted by molar-refractivity contribution is 5.76. The first-order valence-corrected chi connectivity index (χ1v) is 7.51. The highest BCUT2D eigenvalue weighted by atomic mass is 16.4. The lowest BCUT2D eigenvalue weighted by atomic mass is 9.98. The monoisotopic (exact) mass is 299 g/mol. The summed E-state index contributed by atoms with van der Waals surface area (Å²) in [4.78, 5) is 35.7. The lowest BCUT2D eigenvalue weighted by molar-refractivity contribution is -0.137. The molecular weight excluding hydrogens is 274 g/mol. The molecule has 1 aliphatic heterocycles. The topological polar surface area (TPSA) is 98.7 Å². The number of nitrogens with one attached hydrogen (secondary N) is 2. The predicted molar refractivity (Wildman–Crippen MR) is 77.9 cm³/mol. The van der Waals surface area contributed by atoms with Crippen LogP contribution in [0.5, 0.6) is 0 Å². The molecule has 3 N–H and O–H groups in total. The SMILES string of the molecule is CNC(=O)CCC1CCCCN1C(=O)NCCCC(=O)O. The van der Waals surface area contributed by atoms with Crippen LogP contribution in [0, 0.1) is 0 Å². The molecule has 21 heavy (non-hydrogen) atoms. The molecule has 1 saturated heterocycles. The maximum absolute atomic E-state index is 12.1. The van der Waals surface area contributed by atoms with Gasteiger partial charge in [-0.2, -0.15) is 0 Å². The van der Waals surface area contributed by atoms with Crippen LogP contribution in [0.1, 0.15) is 44.9 Å². The quantitative estimate of drug-likeness (QED) is 0.609. The number of carboxylic acid groups (broad SMARTS) is 1. The van der Waals surface area contributed by atoms with Gasteiger partial charge in [0, 0.05) is 39.0 Å². The summed E-state index contributed by atoms with van der Waals surface area (Å²) in [5, 5.41) is 13.9. The zero-order valence-electron chi connectivity index (χ0n) is 12.6. The smallest absolute Gasteiger partial charge is 0.317 e. The van der Waals surface area contributed by atoms with Crippen molar-refractivity contribution >= 4 is 17.9 Å². The first kappa shape index (κ1) is 17.3. The molecule has 1 aliphatic rings. The van der Waals surface area contributed by atoms with Gasteiger partial charge in [0.15, 0.2) is 0 Å². The Balaban J connectivity index is 2.38. The van der Waals surface area contributed by atoms with Crippen molar-refractivity contribution in [2.45, 2.75) is 51.0 Å². The van der Waals surface area contributed by atoms with Gasteiger partial charge >= 0.3 is 12.0 Å². The van der Waals surface area contributed by atoms with Crippen molar-refractivity contribution in [1.82, 2.24) is 15.5 Å². The second kappa shape index (κ2) is 9.20. The maximum Gasteiger partial charge on any atom is 0.317 e. The number of aliphatic carboxylic acids is 1. The van der Waals surface area contributed by atoms with Crippen LogP contribution in [0.25, 0.3) is 0 Å². The van der Waals surface area contributed by atoms with Crippen molar-refractivity contribution in [3.05, 3.63) is 0 Å². The standard InChI is InChI=1S/C14H25N3O4/c1-15-12(18)8-7-11-5-2-3-10-17(11)14(21)16-9-4-6-13(19)20/h11H,2-10H2,1H3,(H,15,18)(H,16,21)(H,19,20). The fourth-order valence-corrected chi connectivity index (χ4v) is 2.53. The molecular formula is C14H25N3O4. The van der Waals surface area contributed by atoms with Crippen LogP contribution in [0.4, 0.5) is 4.79 Å². The maximum atomic E-state index is 12.1. The molecule has 0 saturated carbocycles. The van der Waals surface area contributed by atoms with Crippen molar-refractivity contribution in [2.24, 2.45) is 0 Å². The summed E-state index contributed by atoms with van der Waals surface area (Å²) in [6.45, 7) is 1.06. The van der Waals surface area contributed by atoms with Gasteiger partial charge in [0.2, 0.25) is 5.91 Å². The molecule has 1 unspecified atom stereocenters. The second-order valence-electron chi connectivity index (χ2n) is 5.28. The molecule has 1 atom stereocenters. The lowest BCUT2D eigenvalue weighted by Gasteiger charge is -2.35. The Hall–Kier alpha value is -1.79. The zero-order chi connectivity index (χ0) is 15.7. The average Bonchev–Trinajstić information content (AvgIpc) is 2.49. The normalized spacial score (nSPS) is 18.1. The van der Waals surface area contributed by atoms with E-state index in [2.05, 4.69) is 10.6 Å². The van der Waals surface area contributed by atoms with E-state index in [0.717, 1.165) is 19.3 Å². The minimum absolute atomic E-state index is 0.0117. The van der Waals surface area contributed by atoms with Gasteiger partial charge < -0.3 is 20.6 Å². The third kappa shape index (κ3) is 6.46. The van der Waals surface area contributed by atoms with Gasteiger partial charge in [0.05, 0.1) is 0 Å². The number of carbonyl (C=O) groups is 3. The highest BCUT2D eigenvalue weighted by Gasteiger charge is 2.26. The Morgan fingerprint density at radius 3 is 2.67 bits per heavy atom. The third-order valence-electron chi connectivity index (χ3n) is 3.72. The van der Waals surface area contributed by atoms with Crippen LogP contribution in [-0.2, 0) is 9.59 Å². The number of carbonyl (C=O) groups excluding carboxylic acids is 2. The molecule has 0 radical (unpaired) electrons. The minimum atomic E-state index is -0.856. The van der Waals surface area contributed by atoms with E-state index in [1.54, 1.807) is 11.9 Å². The number of hydrogen-bond donors (Lipinski definition) is 3. The van der Waals surface area contributed by atoms with Crippen LogP contribution in [0.2, 0.25) is 0 Å². The Morgan fingerprint density at radius 1 is 1.24 bits per heavy atom. The lowest BCUT2D eigenvalue weighted by Crippen LogP contribution is -2.49. The van der Waals surface area contributed by atoms with Gasteiger partial charge in [0.1, 0.15) is 0 Å². The number of amides is 3. The Labute approximate surface area is 125 Å². The molecule has 0 aliphatic carbocycles. The largest absolute Gasteiger partial charge is 0.481 e. The molecule has 7 heteroatoms. The summed E-state index contributed by atoms with van der Waals surface area (Å²) >= 11 is 0. The molecule has 0 aromatic rings. The fourth-order valence-electron chi connectivity index (χ4n) is 2.53. The van der Waals surface area contributed by atoms with Crippen LogP contribution in [0.15, 0.2) is 0 Å². The van der Waals surface area contributed by atoms with E-state index in [1.807, 2.05) is 0 Å². The van der Waals surface area contributed by atoms with Crippen LogP contribution < -0.4 is 10.6 Å². The first-order valence-electron chi connectivity index (χ1n) is 7.51. The number of rotatable bonds is 7. The van der Waals surface area contributed by atoms with E-state index in [1.165, 1.54) is 0 Å². The van der Waals surface area contributed by atoms with Crippen molar-refractivity contribution in [1.29, 1.82) is 0 Å². The molecule has 3 amide bonds. The van der Waals surface area contributed by atoms with Gasteiger partial charge in [-0.05, 0) is 32.1 Å². The highest BCUT2D eigenvalue weighted by Crippen LogP contribution is 2.20. The average molecular weight is 299 g/mol. The number of carboxylic acids is 1. The second-order valence-corrected chi connectivity index (χ2v) is 5.28. The Morgan fingerprint density at radius 2 is 2.00 bits per heavy atom. The number of nitrogens with zero attached hydrogens (tertiary/aromatic N) is 1. The molecule has 0 spiro atoms. The summed E-state index contributed by atoms with van der Waals surface area (Å²) < 4.78 is 0. The molecule has 0 aromatic heterocycles. The van der Waals surface area contributed by atoms with E-state index in [0.29, 0.717) is 32.4 Å². The van der Waals surface area contributed by atoms with Crippen molar-refractivity contribution in [2.75, 3.05) is 20.1 Å². The number of hydrogen-bond acceptors (Lipinski definition) is 3. The third-order valence-corrected chi connectivity index (χ3v) is 3.72. The zero-order valence-corrected chi connectivity index (χ0v) is 12.6. The summed E-state index contributed by atoms with van der Waals surface area (Å²) in [5.41, 5.74) is 0. The molecule has 120 valence electrons. The van der Waals surface area contributed by atoms with Crippen LogP contribution in [-0.4, -0.2) is 54.1 Å². The molecule has 1 heterocycles. The molecule has 7 nitrogen and oxygen atoms in total. The van der Waals surface area contributed by atoms with Gasteiger partial charge in [0.25, 0.3) is 0 Å². The minimum Gasteiger partial charge on any atom is -0.481 e. The number of urea groups is 1. The Kier molecular flexibility index (Phi) is 7.56. The molecule has 1 fully saturated rings. The summed E-state index contributed by atoms with van der Waals surface area (Å²) in [6, 6.07) is -0.0579. The van der Waals surface area contributed by atoms with E-state index in [4.69, 9.17) is 5.11 Å². The Bertz CT molecular complexity index is 373. The van der Waals surface area contributed by atoms with Crippen molar-refractivity contribution < 1.29 is 19.5 Å². The van der Waals surface area contributed by atoms with E-state index in [-0.39, 0.29) is 24.4 Å². The van der Waals surface area contributed by atoms with E-state index >= 15 is 0 Å². The summed E-state index contributed by atoms with van der Waals surface area (Å²) in [6.07, 6.45) is 4.53. The van der Waals surface area contributed by atoms with Crippen LogP contribution in [0.3, 0.4) is 0 Å². The van der Waals surface area contributed by atoms with E-state index in [9.17, 15) is 14.4 Å². The first-order chi connectivity index (χ1) is 10.0. The van der Waals surface area contributed by atoms with Gasteiger partial charge in [-0.1, -0.05) is 0 Å². The van der Waals surface area contributed by atoms with Gasteiger partial charge in [-0.3, -0.25) is 9.59 Å². The van der Waals surface area contributed by atoms with Gasteiger partial charge in [-0.15, -0.1) is 0 Å². The molecule has 0 aromatic carbocycles. The number of likely N-dealkylation sites (tertiary alicyclic amines) is 1. The van der Waals surface area contributed by atoms with Crippen molar-refractivity contribution in [3.8, 4) is 0 Å². The van der Waals surface area contributed by atoms with Crippen molar-refractivity contribution in [3.63, 3.8) is 0 Å². The summed E-state index contributed by atoms with van der Waals surface area (Å²) in [5.74, 6) is -0.868. The van der Waals surface area contributed by atoms with Crippen LogP contribution >= 0.6 is 0 Å². The fraction of sp³-hybridized carbons (Fsp3) is 0.786.